The molecule has 0 unspecified atom stereocenters. The fourth-order valence-electron chi connectivity index (χ4n) is 1.82. The van der Waals surface area contributed by atoms with E-state index >= 15 is 0 Å². The average Bonchev–Trinajstić information content (AvgIpc) is 2.34. The van der Waals surface area contributed by atoms with E-state index in [1.165, 1.54) is 6.07 Å². The van der Waals surface area contributed by atoms with Crippen molar-refractivity contribution in [2.75, 3.05) is 18.0 Å². The minimum atomic E-state index is -0.380. The number of benzene rings is 1. The third-order valence-corrected chi connectivity index (χ3v) is 2.50. The van der Waals surface area contributed by atoms with Gasteiger partial charge in [0.05, 0.1) is 17.4 Å². The third-order valence-electron chi connectivity index (χ3n) is 2.50. The van der Waals surface area contributed by atoms with Crippen LogP contribution in [0.5, 0.6) is 0 Å². The largest absolute Gasteiger partial charge is 0.365 e. The maximum atomic E-state index is 11.0. The molecule has 0 amide bonds. The van der Waals surface area contributed by atoms with Crippen LogP contribution in [0.2, 0.25) is 0 Å². The maximum Gasteiger partial charge on any atom is 0.292 e. The van der Waals surface area contributed by atoms with Crippen LogP contribution in [0, 0.1) is 27.4 Å². The molecule has 0 saturated heterocycles. The minimum absolute atomic E-state index is 0.0936. The number of para-hydroxylation sites is 2. The van der Waals surface area contributed by atoms with E-state index < -0.39 is 0 Å². The molecule has 0 saturated carbocycles. The van der Waals surface area contributed by atoms with Gasteiger partial charge in [-0.3, -0.25) is 10.1 Å². The van der Waals surface area contributed by atoms with Crippen LogP contribution in [0.3, 0.4) is 0 Å². The Kier molecular flexibility index (Phi) is 5.12. The molecular weight excluding hydrogens is 230 g/mol. The van der Waals surface area contributed by atoms with Gasteiger partial charge in [-0.1, -0.05) is 26.0 Å². The van der Waals surface area contributed by atoms with Crippen LogP contribution in [-0.4, -0.2) is 18.0 Å². The molecule has 0 N–H and O–H groups in total. The van der Waals surface area contributed by atoms with Crippen LogP contribution < -0.4 is 4.90 Å². The topological polar surface area (TPSA) is 70.2 Å². The van der Waals surface area contributed by atoms with Crippen LogP contribution in [0.15, 0.2) is 24.3 Å². The van der Waals surface area contributed by atoms with Crippen LogP contribution in [-0.2, 0) is 0 Å². The first-order chi connectivity index (χ1) is 8.56. The van der Waals surface area contributed by atoms with E-state index in [1.54, 1.807) is 18.2 Å². The molecule has 0 heterocycles. The Balaban J connectivity index is 3.04. The van der Waals surface area contributed by atoms with E-state index in [9.17, 15) is 10.1 Å². The predicted octanol–water partition coefficient (Wildman–Crippen LogP) is 2.97. The number of anilines is 1. The molecule has 0 aliphatic heterocycles. The Bertz CT molecular complexity index is 452. The maximum absolute atomic E-state index is 11.0. The lowest BCUT2D eigenvalue weighted by molar-refractivity contribution is -0.384. The van der Waals surface area contributed by atoms with Gasteiger partial charge in [-0.15, -0.1) is 0 Å². The summed E-state index contributed by atoms with van der Waals surface area (Å²) in [4.78, 5) is 12.5. The Hall–Kier alpha value is -2.09. The summed E-state index contributed by atoms with van der Waals surface area (Å²) in [5.74, 6) is 0.378. The van der Waals surface area contributed by atoms with E-state index in [4.69, 9.17) is 5.26 Å². The summed E-state index contributed by atoms with van der Waals surface area (Å²) in [5, 5.41) is 19.7. The molecule has 96 valence electrons. The second kappa shape index (κ2) is 6.60. The molecule has 0 spiro atoms. The summed E-state index contributed by atoms with van der Waals surface area (Å²) < 4.78 is 0. The van der Waals surface area contributed by atoms with E-state index in [-0.39, 0.29) is 10.6 Å². The molecule has 18 heavy (non-hydrogen) atoms. The molecule has 0 radical (unpaired) electrons. The predicted molar refractivity (Wildman–Crippen MR) is 70.4 cm³/mol. The van der Waals surface area contributed by atoms with Crippen LogP contribution in [0.4, 0.5) is 11.4 Å². The zero-order valence-electron chi connectivity index (χ0n) is 10.7. The monoisotopic (exact) mass is 247 g/mol. The van der Waals surface area contributed by atoms with Gasteiger partial charge in [0.25, 0.3) is 5.69 Å². The van der Waals surface area contributed by atoms with Gasteiger partial charge in [0.15, 0.2) is 0 Å². The molecule has 0 aliphatic carbocycles. The zero-order valence-corrected chi connectivity index (χ0v) is 10.7. The van der Waals surface area contributed by atoms with Crippen molar-refractivity contribution in [1.82, 2.24) is 0 Å². The van der Waals surface area contributed by atoms with E-state index in [0.29, 0.717) is 31.1 Å². The Morgan fingerprint density at radius 2 is 2.11 bits per heavy atom. The first-order valence-electron chi connectivity index (χ1n) is 5.91. The van der Waals surface area contributed by atoms with E-state index in [2.05, 4.69) is 6.07 Å². The van der Waals surface area contributed by atoms with Crippen LogP contribution in [0.25, 0.3) is 0 Å². The Morgan fingerprint density at radius 3 is 2.67 bits per heavy atom. The highest BCUT2D eigenvalue weighted by molar-refractivity contribution is 5.63. The van der Waals surface area contributed by atoms with Crippen molar-refractivity contribution in [3.8, 4) is 6.07 Å². The van der Waals surface area contributed by atoms with Gasteiger partial charge >= 0.3 is 0 Å². The average molecular weight is 247 g/mol. The van der Waals surface area contributed by atoms with Crippen molar-refractivity contribution in [3.05, 3.63) is 34.4 Å². The molecule has 0 aromatic heterocycles. The molecule has 1 aromatic carbocycles. The van der Waals surface area contributed by atoms with Crippen LogP contribution in [0.1, 0.15) is 20.3 Å². The smallest absolute Gasteiger partial charge is 0.292 e. The fraction of sp³-hybridized carbons (Fsp3) is 0.462. The standard InChI is InChI=1S/C13H17N3O2/c1-11(2)10-15(9-5-8-14)12-6-3-4-7-13(12)16(17)18/h3-4,6-7,11H,5,9-10H2,1-2H3. The summed E-state index contributed by atoms with van der Waals surface area (Å²) in [7, 11) is 0. The van der Waals surface area contributed by atoms with Crippen molar-refractivity contribution in [1.29, 1.82) is 5.26 Å². The van der Waals surface area contributed by atoms with Gasteiger partial charge < -0.3 is 4.90 Å². The van der Waals surface area contributed by atoms with Crippen molar-refractivity contribution >= 4 is 11.4 Å². The molecule has 1 rings (SSSR count). The first-order valence-corrected chi connectivity index (χ1v) is 5.91. The number of hydrogen-bond acceptors (Lipinski definition) is 4. The SMILES string of the molecule is CC(C)CN(CCC#N)c1ccccc1[N+](=O)[O-]. The Morgan fingerprint density at radius 1 is 1.44 bits per heavy atom. The highest BCUT2D eigenvalue weighted by Crippen LogP contribution is 2.28. The molecule has 5 heteroatoms. The summed E-state index contributed by atoms with van der Waals surface area (Å²) in [6.07, 6.45) is 0.360. The lowest BCUT2D eigenvalue weighted by Crippen LogP contribution is -2.29. The van der Waals surface area contributed by atoms with Gasteiger partial charge in [-0.05, 0) is 12.0 Å². The number of nitro groups is 1. The molecule has 0 aliphatic rings. The number of nitro benzene ring substituents is 1. The molecule has 1 aromatic rings. The second-order valence-electron chi connectivity index (χ2n) is 4.49. The lowest BCUT2D eigenvalue weighted by atomic mass is 10.1. The van der Waals surface area contributed by atoms with Crippen LogP contribution >= 0.6 is 0 Å². The number of rotatable bonds is 6. The minimum Gasteiger partial charge on any atom is -0.365 e. The lowest BCUT2D eigenvalue weighted by Gasteiger charge is -2.25. The molecule has 0 fully saturated rings. The summed E-state index contributed by atoms with van der Waals surface area (Å²) in [6.45, 7) is 5.31. The number of nitriles is 1. The van der Waals surface area contributed by atoms with Gasteiger partial charge in [0, 0.05) is 19.2 Å². The first kappa shape index (κ1) is 14.0. The van der Waals surface area contributed by atoms with Crippen molar-refractivity contribution in [3.63, 3.8) is 0 Å². The normalized spacial score (nSPS) is 10.1. The second-order valence-corrected chi connectivity index (χ2v) is 4.49. The van der Waals surface area contributed by atoms with Crippen molar-refractivity contribution < 1.29 is 4.92 Å². The molecule has 0 atom stereocenters. The van der Waals surface area contributed by atoms with Gasteiger partial charge in [-0.25, -0.2) is 0 Å². The fourth-order valence-corrected chi connectivity index (χ4v) is 1.82. The quantitative estimate of drug-likeness (QED) is 0.572. The highest BCUT2D eigenvalue weighted by Gasteiger charge is 2.18. The summed E-state index contributed by atoms with van der Waals surface area (Å²) in [5.41, 5.74) is 0.683. The summed E-state index contributed by atoms with van der Waals surface area (Å²) >= 11 is 0. The summed E-state index contributed by atoms with van der Waals surface area (Å²) in [6, 6.07) is 8.74. The van der Waals surface area contributed by atoms with Gasteiger partial charge in [0.1, 0.15) is 5.69 Å². The Labute approximate surface area is 107 Å². The van der Waals surface area contributed by atoms with Crippen molar-refractivity contribution in [2.24, 2.45) is 5.92 Å². The number of nitrogens with zero attached hydrogens (tertiary/aromatic N) is 3. The highest BCUT2D eigenvalue weighted by atomic mass is 16.6. The molecule has 5 nitrogen and oxygen atoms in total. The van der Waals surface area contributed by atoms with Crippen molar-refractivity contribution in [2.45, 2.75) is 20.3 Å². The molecule has 0 bridgehead atoms. The number of hydrogen-bond donors (Lipinski definition) is 0. The van der Waals surface area contributed by atoms with E-state index in [1.807, 2.05) is 18.7 Å². The zero-order chi connectivity index (χ0) is 13.5. The van der Waals surface area contributed by atoms with Gasteiger partial charge in [0.2, 0.25) is 0 Å². The van der Waals surface area contributed by atoms with Gasteiger partial charge in [-0.2, -0.15) is 5.26 Å². The van der Waals surface area contributed by atoms with E-state index in [0.717, 1.165) is 0 Å². The third kappa shape index (κ3) is 3.74. The molecular formula is C13H17N3O2.